The highest BCUT2D eigenvalue weighted by Crippen LogP contribution is 2.37. The minimum absolute atomic E-state index is 0.472. The Bertz CT molecular complexity index is 1350. The zero-order valence-electron chi connectivity index (χ0n) is 24.7. The molecule has 1 aromatic heterocycles. The normalized spacial score (nSPS) is 17.5. The van der Waals surface area contributed by atoms with E-state index in [1.54, 1.807) is 27.2 Å². The van der Waals surface area contributed by atoms with Gasteiger partial charge in [0, 0.05) is 68.9 Å². The molecule has 220 valence electrons. The Kier molecular flexibility index (Phi) is 9.03. The second kappa shape index (κ2) is 12.5. The fourth-order valence-electron chi connectivity index (χ4n) is 5.63. The van der Waals surface area contributed by atoms with Crippen molar-refractivity contribution in [2.24, 2.45) is 0 Å². The van der Waals surface area contributed by atoms with Crippen molar-refractivity contribution >= 4 is 44.8 Å². The molecular weight excluding hydrogens is 582 g/mol. The van der Waals surface area contributed by atoms with Crippen LogP contribution in [-0.4, -0.2) is 84.3 Å². The summed E-state index contributed by atoms with van der Waals surface area (Å²) in [4.78, 5) is 16.8. The van der Waals surface area contributed by atoms with Crippen LogP contribution in [0.25, 0.3) is 0 Å². The number of nitrogens with zero attached hydrogens (tertiary/aromatic N) is 5. The first-order valence-corrected chi connectivity index (χ1v) is 15.2. The number of hydrogen-bond acceptors (Lipinski definition) is 9. The second-order valence-corrected chi connectivity index (χ2v) is 12.5. The summed E-state index contributed by atoms with van der Waals surface area (Å²) in [6, 6.07) is 12.6. The van der Waals surface area contributed by atoms with Gasteiger partial charge in [-0.15, -0.1) is 0 Å². The first kappa shape index (κ1) is 29.6. The predicted molar refractivity (Wildman–Crippen MR) is 170 cm³/mol. The van der Waals surface area contributed by atoms with Crippen molar-refractivity contribution in [2.45, 2.75) is 45.3 Å². The van der Waals surface area contributed by atoms with Crippen LogP contribution in [0.3, 0.4) is 0 Å². The maximum absolute atomic E-state index is 10.4. The van der Waals surface area contributed by atoms with Crippen molar-refractivity contribution in [3.05, 3.63) is 58.2 Å². The van der Waals surface area contributed by atoms with Gasteiger partial charge in [0.05, 0.1) is 22.9 Å². The lowest BCUT2D eigenvalue weighted by Gasteiger charge is -2.42. The number of ether oxygens (including phenoxy) is 1. The highest BCUT2D eigenvalue weighted by molar-refractivity contribution is 9.10. The monoisotopic (exact) mass is 623 g/mol. The minimum atomic E-state index is -0.934. The van der Waals surface area contributed by atoms with E-state index < -0.39 is 5.60 Å². The topological polar surface area (TPSA) is 89.0 Å². The Labute approximate surface area is 252 Å². The van der Waals surface area contributed by atoms with E-state index in [1.807, 2.05) is 30.3 Å². The quantitative estimate of drug-likeness (QED) is 0.301. The first-order valence-electron chi connectivity index (χ1n) is 14.4. The zero-order chi connectivity index (χ0) is 29.1. The molecule has 3 heterocycles. The SMILES string of the molecule is COc1cc(Nc2ncc(Br)c(Nc3cccc(C(C)(C)O)c3)n2)c(C)cc1N1CCC(N2CCN(C)CC2)CC1. The van der Waals surface area contributed by atoms with Crippen molar-refractivity contribution in [2.75, 3.05) is 69.0 Å². The largest absolute Gasteiger partial charge is 0.495 e. The second-order valence-electron chi connectivity index (χ2n) is 11.7. The predicted octanol–water partition coefficient (Wildman–Crippen LogP) is 5.49. The van der Waals surface area contributed by atoms with Crippen LogP contribution in [0, 0.1) is 6.92 Å². The van der Waals surface area contributed by atoms with Crippen LogP contribution in [-0.2, 0) is 5.60 Å². The molecule has 10 heteroatoms. The molecule has 2 aromatic carbocycles. The third kappa shape index (κ3) is 7.12. The highest BCUT2D eigenvalue weighted by atomic mass is 79.9. The molecule has 0 aliphatic carbocycles. The van der Waals surface area contributed by atoms with Gasteiger partial charge < -0.3 is 30.3 Å². The van der Waals surface area contributed by atoms with Crippen LogP contribution < -0.4 is 20.3 Å². The molecule has 2 saturated heterocycles. The number of aromatic nitrogens is 2. The first-order chi connectivity index (χ1) is 19.6. The number of aryl methyl sites for hydroxylation is 1. The number of benzene rings is 2. The average molecular weight is 625 g/mol. The Hall–Kier alpha value is -2.92. The number of piperazine rings is 1. The fraction of sp³-hybridized carbons (Fsp3) is 0.484. The summed E-state index contributed by atoms with van der Waals surface area (Å²) in [7, 11) is 3.94. The van der Waals surface area contributed by atoms with Gasteiger partial charge in [0.2, 0.25) is 5.95 Å². The van der Waals surface area contributed by atoms with Crippen molar-refractivity contribution in [3.8, 4) is 5.75 Å². The summed E-state index contributed by atoms with van der Waals surface area (Å²) in [6.45, 7) is 12.4. The third-order valence-corrected chi connectivity index (χ3v) is 8.79. The minimum Gasteiger partial charge on any atom is -0.495 e. The lowest BCUT2D eigenvalue weighted by molar-refractivity contribution is 0.0786. The smallest absolute Gasteiger partial charge is 0.229 e. The van der Waals surface area contributed by atoms with Crippen LogP contribution in [0.5, 0.6) is 5.75 Å². The van der Waals surface area contributed by atoms with E-state index in [9.17, 15) is 5.11 Å². The lowest BCUT2D eigenvalue weighted by atomic mass is 9.98. The van der Waals surface area contributed by atoms with Crippen molar-refractivity contribution < 1.29 is 9.84 Å². The molecule has 2 fully saturated rings. The number of methoxy groups -OCH3 is 1. The molecule has 3 N–H and O–H groups in total. The Morgan fingerprint density at radius 3 is 2.44 bits per heavy atom. The summed E-state index contributed by atoms with van der Waals surface area (Å²) in [5.41, 5.74) is 3.84. The summed E-state index contributed by atoms with van der Waals surface area (Å²) in [6.07, 6.45) is 4.07. The standard InChI is InChI=1S/C31H42BrN7O2/c1-21-17-27(39-11-9-24(10-12-39)38-15-13-37(4)14-16-38)28(41-5)19-26(21)35-30-33-20-25(32)29(36-30)34-23-8-6-7-22(18-23)31(2,3)40/h6-8,17-20,24,40H,9-16H2,1-5H3,(H2,33,34,35,36). The van der Waals surface area contributed by atoms with E-state index in [0.29, 0.717) is 17.8 Å². The average Bonchev–Trinajstić information content (AvgIpc) is 2.96. The zero-order valence-corrected chi connectivity index (χ0v) is 26.3. The van der Waals surface area contributed by atoms with E-state index in [4.69, 9.17) is 9.72 Å². The highest BCUT2D eigenvalue weighted by Gasteiger charge is 2.28. The number of aliphatic hydroxyl groups is 1. The van der Waals surface area contributed by atoms with Crippen LogP contribution in [0.1, 0.15) is 37.8 Å². The number of nitrogens with one attached hydrogen (secondary N) is 2. The van der Waals surface area contributed by atoms with Gasteiger partial charge in [-0.25, -0.2) is 4.98 Å². The molecule has 9 nitrogen and oxygen atoms in total. The van der Waals surface area contributed by atoms with E-state index in [0.717, 1.165) is 64.6 Å². The molecule has 0 bridgehead atoms. The van der Waals surface area contributed by atoms with Crippen LogP contribution in [0.2, 0.25) is 0 Å². The molecule has 2 aliphatic heterocycles. The van der Waals surface area contributed by atoms with Crippen LogP contribution in [0.15, 0.2) is 47.1 Å². The number of hydrogen-bond donors (Lipinski definition) is 3. The van der Waals surface area contributed by atoms with Crippen LogP contribution in [0.4, 0.5) is 28.8 Å². The molecule has 3 aromatic rings. The summed E-state index contributed by atoms with van der Waals surface area (Å²) < 4.78 is 6.61. The maximum Gasteiger partial charge on any atom is 0.229 e. The van der Waals surface area contributed by atoms with Gasteiger partial charge in [-0.05, 0) is 85.9 Å². The molecule has 0 amide bonds. The summed E-state index contributed by atoms with van der Waals surface area (Å²) >= 11 is 3.56. The molecule has 41 heavy (non-hydrogen) atoms. The van der Waals surface area contributed by atoms with Gasteiger partial charge in [0.25, 0.3) is 0 Å². The molecular formula is C31H42BrN7O2. The molecule has 0 unspecified atom stereocenters. The number of likely N-dealkylation sites (N-methyl/N-ethyl adjacent to an activating group) is 1. The molecule has 0 radical (unpaired) electrons. The summed E-state index contributed by atoms with van der Waals surface area (Å²) in [5.74, 6) is 1.94. The fourth-order valence-corrected chi connectivity index (χ4v) is 5.92. The van der Waals surface area contributed by atoms with Gasteiger partial charge in [-0.3, -0.25) is 4.90 Å². The number of halogens is 1. The Morgan fingerprint density at radius 1 is 1.02 bits per heavy atom. The van der Waals surface area contributed by atoms with E-state index in [-0.39, 0.29) is 0 Å². The third-order valence-electron chi connectivity index (χ3n) is 8.21. The lowest BCUT2D eigenvalue weighted by Crippen LogP contribution is -2.52. The van der Waals surface area contributed by atoms with Gasteiger partial charge in [0.1, 0.15) is 11.6 Å². The van der Waals surface area contributed by atoms with Crippen molar-refractivity contribution in [1.82, 2.24) is 19.8 Å². The van der Waals surface area contributed by atoms with Crippen molar-refractivity contribution in [3.63, 3.8) is 0 Å². The van der Waals surface area contributed by atoms with Crippen LogP contribution >= 0.6 is 15.9 Å². The molecule has 2 aliphatic rings. The maximum atomic E-state index is 10.4. The van der Waals surface area contributed by atoms with Gasteiger partial charge >= 0.3 is 0 Å². The van der Waals surface area contributed by atoms with E-state index in [2.05, 4.69) is 66.3 Å². The molecule has 0 saturated carbocycles. The number of anilines is 5. The molecule has 0 spiro atoms. The van der Waals surface area contributed by atoms with Gasteiger partial charge in [0.15, 0.2) is 0 Å². The van der Waals surface area contributed by atoms with E-state index >= 15 is 0 Å². The number of piperidine rings is 1. The Morgan fingerprint density at radius 2 is 1.76 bits per heavy atom. The number of rotatable bonds is 8. The Balaban J connectivity index is 1.28. The van der Waals surface area contributed by atoms with Gasteiger partial charge in [-0.1, -0.05) is 12.1 Å². The molecule has 0 atom stereocenters. The van der Waals surface area contributed by atoms with Crippen molar-refractivity contribution in [1.29, 1.82) is 0 Å². The molecule has 5 rings (SSSR count). The van der Waals surface area contributed by atoms with E-state index in [1.165, 1.54) is 25.9 Å². The van der Waals surface area contributed by atoms with Gasteiger partial charge in [-0.2, -0.15) is 4.98 Å². The summed E-state index contributed by atoms with van der Waals surface area (Å²) in [5, 5.41) is 17.1.